The van der Waals surface area contributed by atoms with E-state index in [4.69, 9.17) is 16.9 Å². The maximum atomic E-state index is 8.68. The maximum Gasteiger partial charge on any atom is 0.167 e. The molecule has 0 radical (unpaired) electrons. The number of hydrogen-bond acceptors (Lipinski definition) is 3. The van der Waals surface area contributed by atoms with Crippen molar-refractivity contribution in [3.05, 3.63) is 23.2 Å². The van der Waals surface area contributed by atoms with Gasteiger partial charge in [0.25, 0.3) is 0 Å². The van der Waals surface area contributed by atoms with Crippen molar-refractivity contribution in [1.29, 1.82) is 5.26 Å². The van der Waals surface area contributed by atoms with Crippen LogP contribution in [0.15, 0.2) is 23.4 Å². The summed E-state index contributed by atoms with van der Waals surface area (Å²) < 4.78 is 0. The SMILES string of the molecule is C[C@H](C#N)Sc1nc2ccc(Cl)cc2[nH]1. The van der Waals surface area contributed by atoms with Crippen molar-refractivity contribution in [2.45, 2.75) is 17.3 Å². The molecule has 0 amide bonds. The molecule has 1 aromatic heterocycles. The Balaban J connectivity index is 2.35. The standard InChI is InChI=1S/C10H8ClN3S/c1-6(5-12)15-10-13-8-3-2-7(11)4-9(8)14-10/h2-4,6H,1H3,(H,13,14)/t6-/m1/s1. The Morgan fingerprint density at radius 2 is 2.40 bits per heavy atom. The number of hydrogen-bond donors (Lipinski definition) is 1. The zero-order chi connectivity index (χ0) is 10.8. The van der Waals surface area contributed by atoms with Crippen molar-refractivity contribution in [2.24, 2.45) is 0 Å². The summed E-state index contributed by atoms with van der Waals surface area (Å²) in [5, 5.41) is 10.00. The lowest BCUT2D eigenvalue weighted by molar-refractivity contribution is 1.07. The van der Waals surface area contributed by atoms with Crippen molar-refractivity contribution >= 4 is 34.4 Å². The van der Waals surface area contributed by atoms with Crippen LogP contribution in [0.4, 0.5) is 0 Å². The van der Waals surface area contributed by atoms with Crippen LogP contribution >= 0.6 is 23.4 Å². The van der Waals surface area contributed by atoms with Crippen LogP contribution in [0.25, 0.3) is 11.0 Å². The van der Waals surface area contributed by atoms with Gasteiger partial charge in [0.15, 0.2) is 5.16 Å². The number of imidazole rings is 1. The third-order valence-electron chi connectivity index (χ3n) is 1.89. The Bertz CT molecular complexity index is 529. The molecular formula is C10H8ClN3S. The lowest BCUT2D eigenvalue weighted by Gasteiger charge is -1.95. The van der Waals surface area contributed by atoms with Gasteiger partial charge in [-0.3, -0.25) is 0 Å². The smallest absolute Gasteiger partial charge is 0.167 e. The molecule has 1 heterocycles. The lowest BCUT2D eigenvalue weighted by Crippen LogP contribution is -1.89. The normalized spacial score (nSPS) is 12.6. The summed E-state index contributed by atoms with van der Waals surface area (Å²) in [6, 6.07) is 7.63. The fourth-order valence-corrected chi connectivity index (χ4v) is 2.09. The average molecular weight is 238 g/mol. The molecule has 2 rings (SSSR count). The van der Waals surface area contributed by atoms with E-state index < -0.39 is 0 Å². The van der Waals surface area contributed by atoms with Gasteiger partial charge in [-0.2, -0.15) is 5.26 Å². The van der Waals surface area contributed by atoms with E-state index >= 15 is 0 Å². The summed E-state index contributed by atoms with van der Waals surface area (Å²) in [5.41, 5.74) is 1.77. The van der Waals surface area contributed by atoms with Crippen LogP contribution in [0.3, 0.4) is 0 Å². The molecule has 1 atom stereocenters. The van der Waals surface area contributed by atoms with E-state index in [9.17, 15) is 0 Å². The number of rotatable bonds is 2. The first-order valence-electron chi connectivity index (χ1n) is 4.40. The summed E-state index contributed by atoms with van der Waals surface area (Å²) in [6.07, 6.45) is 0. The first kappa shape index (κ1) is 10.3. The Labute approximate surface area is 96.5 Å². The molecule has 0 saturated heterocycles. The van der Waals surface area contributed by atoms with Gasteiger partial charge in [0.2, 0.25) is 0 Å². The molecule has 0 aliphatic carbocycles. The first-order valence-corrected chi connectivity index (χ1v) is 5.66. The summed E-state index contributed by atoms with van der Waals surface area (Å²) >= 11 is 7.26. The molecule has 0 saturated carbocycles. The zero-order valence-corrected chi connectivity index (χ0v) is 9.56. The number of nitriles is 1. The molecule has 0 aliphatic heterocycles. The molecule has 0 aliphatic rings. The van der Waals surface area contributed by atoms with Crippen molar-refractivity contribution in [2.75, 3.05) is 0 Å². The Hall–Kier alpha value is -1.18. The number of H-pyrrole nitrogens is 1. The molecule has 5 heteroatoms. The molecular weight excluding hydrogens is 230 g/mol. The monoisotopic (exact) mass is 237 g/mol. The molecule has 76 valence electrons. The fraction of sp³-hybridized carbons (Fsp3) is 0.200. The molecule has 0 bridgehead atoms. The van der Waals surface area contributed by atoms with Gasteiger partial charge in [-0.25, -0.2) is 4.98 Å². The van der Waals surface area contributed by atoms with Crippen molar-refractivity contribution < 1.29 is 0 Å². The molecule has 0 fully saturated rings. The van der Waals surface area contributed by atoms with Crippen LogP contribution < -0.4 is 0 Å². The van der Waals surface area contributed by atoms with Crippen LogP contribution in [0.1, 0.15) is 6.92 Å². The van der Waals surface area contributed by atoms with Gasteiger partial charge >= 0.3 is 0 Å². The number of benzene rings is 1. The van der Waals surface area contributed by atoms with Crippen LogP contribution in [-0.4, -0.2) is 15.2 Å². The molecule has 1 N–H and O–H groups in total. The second kappa shape index (κ2) is 4.13. The third kappa shape index (κ3) is 2.25. The van der Waals surface area contributed by atoms with Crippen molar-refractivity contribution in [1.82, 2.24) is 9.97 Å². The van der Waals surface area contributed by atoms with Crippen molar-refractivity contribution in [3.8, 4) is 6.07 Å². The molecule has 15 heavy (non-hydrogen) atoms. The van der Waals surface area contributed by atoms with Gasteiger partial charge in [0.1, 0.15) is 0 Å². The zero-order valence-electron chi connectivity index (χ0n) is 7.99. The number of nitrogens with zero attached hydrogens (tertiary/aromatic N) is 2. The van der Waals surface area contributed by atoms with Crippen LogP contribution in [0.2, 0.25) is 5.02 Å². The summed E-state index contributed by atoms with van der Waals surface area (Å²) in [7, 11) is 0. The number of thioether (sulfide) groups is 1. The Kier molecular flexibility index (Phi) is 2.85. The largest absolute Gasteiger partial charge is 0.333 e. The predicted molar refractivity (Wildman–Crippen MR) is 62.0 cm³/mol. The summed E-state index contributed by atoms with van der Waals surface area (Å²) in [4.78, 5) is 7.46. The highest BCUT2D eigenvalue weighted by Crippen LogP contribution is 2.24. The van der Waals surface area contributed by atoms with Gasteiger partial charge in [-0.05, 0) is 25.1 Å². The topological polar surface area (TPSA) is 52.5 Å². The van der Waals surface area contributed by atoms with Crippen molar-refractivity contribution in [3.63, 3.8) is 0 Å². The Morgan fingerprint density at radius 3 is 3.13 bits per heavy atom. The highest BCUT2D eigenvalue weighted by atomic mass is 35.5. The molecule has 0 spiro atoms. The minimum Gasteiger partial charge on any atom is -0.333 e. The first-order chi connectivity index (χ1) is 7.19. The van der Waals surface area contributed by atoms with E-state index in [1.807, 2.05) is 19.1 Å². The fourth-order valence-electron chi connectivity index (χ4n) is 1.21. The van der Waals surface area contributed by atoms with Gasteiger partial charge in [-0.1, -0.05) is 23.4 Å². The van der Waals surface area contributed by atoms with E-state index in [1.54, 1.807) is 6.07 Å². The molecule has 2 aromatic rings. The minimum atomic E-state index is -0.110. The van der Waals surface area contributed by atoms with Crippen LogP contribution in [-0.2, 0) is 0 Å². The second-order valence-electron chi connectivity index (χ2n) is 3.09. The van der Waals surface area contributed by atoms with Crippen LogP contribution in [0, 0.1) is 11.3 Å². The summed E-state index contributed by atoms with van der Waals surface area (Å²) in [6.45, 7) is 1.84. The van der Waals surface area contributed by atoms with Crippen LogP contribution in [0.5, 0.6) is 0 Å². The minimum absolute atomic E-state index is 0.110. The number of aromatic amines is 1. The third-order valence-corrected chi connectivity index (χ3v) is 3.00. The lowest BCUT2D eigenvalue weighted by atomic mass is 10.3. The van der Waals surface area contributed by atoms with E-state index in [0.29, 0.717) is 5.02 Å². The quantitative estimate of drug-likeness (QED) is 0.816. The molecule has 3 nitrogen and oxygen atoms in total. The highest BCUT2D eigenvalue weighted by molar-refractivity contribution is 8.00. The predicted octanol–water partition coefficient (Wildman–Crippen LogP) is 3.22. The number of fused-ring (bicyclic) bond motifs is 1. The number of nitrogens with one attached hydrogen (secondary N) is 1. The number of aromatic nitrogens is 2. The van der Waals surface area contributed by atoms with Gasteiger partial charge in [0, 0.05) is 5.02 Å². The summed E-state index contributed by atoms with van der Waals surface area (Å²) in [5.74, 6) is 0. The van der Waals surface area contributed by atoms with E-state index in [2.05, 4.69) is 16.0 Å². The maximum absolute atomic E-state index is 8.68. The van der Waals surface area contributed by atoms with Gasteiger partial charge in [0.05, 0.1) is 22.4 Å². The second-order valence-corrected chi connectivity index (χ2v) is 4.86. The Morgan fingerprint density at radius 1 is 1.60 bits per heavy atom. The van der Waals surface area contributed by atoms with E-state index in [0.717, 1.165) is 16.2 Å². The van der Waals surface area contributed by atoms with E-state index in [1.165, 1.54) is 11.8 Å². The van der Waals surface area contributed by atoms with E-state index in [-0.39, 0.29) is 5.25 Å². The molecule has 0 unspecified atom stereocenters. The van der Waals surface area contributed by atoms with Gasteiger partial charge < -0.3 is 4.98 Å². The number of halogens is 1. The average Bonchev–Trinajstić information content (AvgIpc) is 2.59. The highest BCUT2D eigenvalue weighted by Gasteiger charge is 2.07. The van der Waals surface area contributed by atoms with Gasteiger partial charge in [-0.15, -0.1) is 0 Å². The molecule has 1 aromatic carbocycles.